The summed E-state index contributed by atoms with van der Waals surface area (Å²) in [6.07, 6.45) is 2.56. The molecule has 0 aliphatic heterocycles. The van der Waals surface area contributed by atoms with Gasteiger partial charge < -0.3 is 19.2 Å². The molecule has 0 bridgehead atoms. The van der Waals surface area contributed by atoms with Crippen LogP contribution in [-0.2, 0) is 14.3 Å². The van der Waals surface area contributed by atoms with Crippen molar-refractivity contribution in [3.8, 4) is 0 Å². The average molecular weight is 303 g/mol. The van der Waals surface area contributed by atoms with E-state index in [0.29, 0.717) is 11.3 Å². The molecule has 1 amide bonds. The smallest absolute Gasteiger partial charge is 0.341 e. The molecule has 114 valence electrons. The summed E-state index contributed by atoms with van der Waals surface area (Å²) in [7, 11) is 1.28. The first-order chi connectivity index (χ1) is 10.6. The first-order valence-electron chi connectivity index (χ1n) is 6.27. The van der Waals surface area contributed by atoms with Crippen molar-refractivity contribution in [1.82, 2.24) is 0 Å². The number of furan rings is 1. The van der Waals surface area contributed by atoms with Crippen LogP contribution in [0.1, 0.15) is 20.7 Å². The maximum atomic E-state index is 11.7. The summed E-state index contributed by atoms with van der Waals surface area (Å²) in [5.41, 5.74) is 1.07. The third kappa shape index (κ3) is 3.95. The van der Waals surface area contributed by atoms with Crippen LogP contribution in [0.5, 0.6) is 0 Å². The van der Waals surface area contributed by atoms with Gasteiger partial charge in [0.25, 0.3) is 5.91 Å². The number of rotatable bonds is 5. The van der Waals surface area contributed by atoms with Gasteiger partial charge >= 0.3 is 11.9 Å². The molecule has 0 radical (unpaired) electrons. The zero-order valence-corrected chi connectivity index (χ0v) is 11.7. The van der Waals surface area contributed by atoms with Crippen LogP contribution in [-0.4, -0.2) is 31.6 Å². The highest BCUT2D eigenvalue weighted by Gasteiger charge is 2.11. The molecule has 2 rings (SSSR count). The van der Waals surface area contributed by atoms with E-state index in [0.717, 1.165) is 0 Å². The summed E-state index contributed by atoms with van der Waals surface area (Å²) in [5, 5.41) is 2.54. The molecule has 1 N–H and O–H groups in total. The van der Waals surface area contributed by atoms with Gasteiger partial charge in [0.15, 0.2) is 6.61 Å². The van der Waals surface area contributed by atoms with Gasteiger partial charge in [0, 0.05) is 5.69 Å². The first-order valence-corrected chi connectivity index (χ1v) is 6.27. The van der Waals surface area contributed by atoms with Gasteiger partial charge in [-0.1, -0.05) is 0 Å². The molecule has 1 aromatic carbocycles. The second-order valence-electron chi connectivity index (χ2n) is 4.21. The van der Waals surface area contributed by atoms with Crippen molar-refractivity contribution in [2.75, 3.05) is 19.0 Å². The van der Waals surface area contributed by atoms with Crippen LogP contribution in [0.15, 0.2) is 47.3 Å². The number of esters is 2. The lowest BCUT2D eigenvalue weighted by molar-refractivity contribution is -0.119. The Bertz CT molecular complexity index is 660. The number of carbonyl (C=O) groups excluding carboxylic acids is 3. The monoisotopic (exact) mass is 303 g/mol. The van der Waals surface area contributed by atoms with E-state index in [-0.39, 0.29) is 5.56 Å². The van der Waals surface area contributed by atoms with Crippen LogP contribution in [0.25, 0.3) is 0 Å². The van der Waals surface area contributed by atoms with Crippen molar-refractivity contribution in [3.63, 3.8) is 0 Å². The number of ether oxygens (including phenoxy) is 2. The first kappa shape index (κ1) is 15.3. The molecule has 7 nitrogen and oxygen atoms in total. The Morgan fingerprint density at radius 2 is 1.77 bits per heavy atom. The summed E-state index contributed by atoms with van der Waals surface area (Å²) in [4.78, 5) is 34.4. The summed E-state index contributed by atoms with van der Waals surface area (Å²) < 4.78 is 14.1. The van der Waals surface area contributed by atoms with E-state index in [1.807, 2.05) is 0 Å². The summed E-state index contributed by atoms with van der Waals surface area (Å²) in [6, 6.07) is 7.55. The van der Waals surface area contributed by atoms with E-state index in [1.165, 1.54) is 37.8 Å². The topological polar surface area (TPSA) is 94.8 Å². The third-order valence-corrected chi connectivity index (χ3v) is 2.68. The quantitative estimate of drug-likeness (QED) is 0.847. The molecule has 1 heterocycles. The molecule has 0 unspecified atom stereocenters. The highest BCUT2D eigenvalue weighted by molar-refractivity contribution is 5.96. The minimum Gasteiger partial charge on any atom is -0.472 e. The fraction of sp³-hybridized carbons (Fsp3) is 0.133. The molecule has 0 spiro atoms. The Morgan fingerprint density at radius 3 is 2.36 bits per heavy atom. The van der Waals surface area contributed by atoms with Gasteiger partial charge in [-0.25, -0.2) is 9.59 Å². The van der Waals surface area contributed by atoms with Gasteiger partial charge in [0.1, 0.15) is 6.26 Å². The van der Waals surface area contributed by atoms with Gasteiger partial charge in [-0.2, -0.15) is 0 Å². The largest absolute Gasteiger partial charge is 0.472 e. The van der Waals surface area contributed by atoms with Crippen molar-refractivity contribution in [3.05, 3.63) is 54.0 Å². The number of benzene rings is 1. The van der Waals surface area contributed by atoms with Crippen LogP contribution in [0.2, 0.25) is 0 Å². The molecule has 0 fully saturated rings. The normalized spacial score (nSPS) is 9.86. The lowest BCUT2D eigenvalue weighted by atomic mass is 10.2. The maximum absolute atomic E-state index is 11.7. The Labute approximate surface area is 125 Å². The van der Waals surface area contributed by atoms with Crippen molar-refractivity contribution in [2.45, 2.75) is 0 Å². The maximum Gasteiger partial charge on any atom is 0.341 e. The van der Waals surface area contributed by atoms with Crippen LogP contribution in [0.3, 0.4) is 0 Å². The second kappa shape index (κ2) is 7.07. The van der Waals surface area contributed by atoms with Gasteiger partial charge in [0.05, 0.1) is 24.5 Å². The Hall–Kier alpha value is -3.09. The Kier molecular flexibility index (Phi) is 4.92. The van der Waals surface area contributed by atoms with Gasteiger partial charge in [-0.3, -0.25) is 4.79 Å². The standard InChI is InChI=1S/C15H13NO6/c1-20-14(18)10-2-4-12(5-3-10)16-13(17)9-22-15(19)11-6-7-21-8-11/h2-8H,9H2,1H3,(H,16,17). The fourth-order valence-corrected chi connectivity index (χ4v) is 1.60. The van der Waals surface area contributed by atoms with Gasteiger partial charge in [-0.15, -0.1) is 0 Å². The lowest BCUT2D eigenvalue weighted by Gasteiger charge is -2.06. The van der Waals surface area contributed by atoms with Gasteiger partial charge in [-0.05, 0) is 30.3 Å². The van der Waals surface area contributed by atoms with Crippen molar-refractivity contribution in [1.29, 1.82) is 0 Å². The Balaban J connectivity index is 1.84. The number of methoxy groups -OCH3 is 1. The molecule has 7 heteroatoms. The van der Waals surface area contributed by atoms with Crippen LogP contribution < -0.4 is 5.32 Å². The molecular weight excluding hydrogens is 290 g/mol. The SMILES string of the molecule is COC(=O)c1ccc(NC(=O)COC(=O)c2ccoc2)cc1. The minimum atomic E-state index is -0.648. The van der Waals surface area contributed by atoms with Gasteiger partial charge in [0.2, 0.25) is 0 Å². The summed E-state index contributed by atoms with van der Waals surface area (Å²) in [6.45, 7) is -0.428. The molecular formula is C15H13NO6. The summed E-state index contributed by atoms with van der Waals surface area (Å²) in [5.74, 6) is -1.61. The van der Waals surface area contributed by atoms with Crippen LogP contribution in [0.4, 0.5) is 5.69 Å². The Morgan fingerprint density at radius 1 is 1.05 bits per heavy atom. The molecule has 22 heavy (non-hydrogen) atoms. The second-order valence-corrected chi connectivity index (χ2v) is 4.21. The summed E-state index contributed by atoms with van der Waals surface area (Å²) >= 11 is 0. The number of amides is 1. The van der Waals surface area contributed by atoms with E-state index in [1.54, 1.807) is 12.1 Å². The predicted octanol–water partition coefficient (Wildman–Crippen LogP) is 1.86. The highest BCUT2D eigenvalue weighted by atomic mass is 16.5. The average Bonchev–Trinajstić information content (AvgIpc) is 3.07. The molecule has 0 aliphatic carbocycles. The molecule has 2 aromatic rings. The van der Waals surface area contributed by atoms with Crippen LogP contribution in [0, 0.1) is 0 Å². The van der Waals surface area contributed by atoms with E-state index >= 15 is 0 Å². The van der Waals surface area contributed by atoms with Crippen molar-refractivity contribution >= 4 is 23.5 Å². The molecule has 0 atom stereocenters. The fourth-order valence-electron chi connectivity index (χ4n) is 1.60. The molecule has 0 saturated carbocycles. The zero-order valence-electron chi connectivity index (χ0n) is 11.7. The number of hydrogen-bond acceptors (Lipinski definition) is 6. The van der Waals surface area contributed by atoms with E-state index in [2.05, 4.69) is 10.1 Å². The number of nitrogens with one attached hydrogen (secondary N) is 1. The third-order valence-electron chi connectivity index (χ3n) is 2.68. The van der Waals surface area contributed by atoms with E-state index in [9.17, 15) is 14.4 Å². The molecule has 0 aliphatic rings. The molecule has 0 saturated heterocycles. The number of anilines is 1. The van der Waals surface area contributed by atoms with E-state index in [4.69, 9.17) is 9.15 Å². The van der Waals surface area contributed by atoms with Crippen molar-refractivity contribution in [2.24, 2.45) is 0 Å². The molecule has 1 aromatic heterocycles. The van der Waals surface area contributed by atoms with E-state index < -0.39 is 24.5 Å². The van der Waals surface area contributed by atoms with Crippen molar-refractivity contribution < 1.29 is 28.3 Å². The number of carbonyl (C=O) groups is 3. The minimum absolute atomic E-state index is 0.232. The lowest BCUT2D eigenvalue weighted by Crippen LogP contribution is -2.20. The van der Waals surface area contributed by atoms with Crippen LogP contribution >= 0.6 is 0 Å². The zero-order chi connectivity index (χ0) is 15.9. The number of hydrogen-bond donors (Lipinski definition) is 1. The highest BCUT2D eigenvalue weighted by Crippen LogP contribution is 2.10. The predicted molar refractivity (Wildman–Crippen MR) is 75.4 cm³/mol.